The van der Waals surface area contributed by atoms with Crippen molar-refractivity contribution >= 4 is 16.6 Å². The number of hydrogen-bond donors (Lipinski definition) is 2. The molecule has 2 unspecified atom stereocenters. The SMILES string of the molecule is C=C1NC(=C)C(c2cn(CCC)c3ccccc23)C1Nc1ccccc1. The fraction of sp³-hybridized carbons (Fsp3) is 0.217. The highest BCUT2D eigenvalue weighted by molar-refractivity contribution is 5.85. The van der Waals surface area contributed by atoms with Gasteiger partial charge in [0.05, 0.1) is 12.0 Å². The molecule has 3 aromatic rings. The molecular weight excluding hydrogens is 318 g/mol. The van der Waals surface area contributed by atoms with E-state index >= 15 is 0 Å². The summed E-state index contributed by atoms with van der Waals surface area (Å²) in [4.78, 5) is 0. The minimum Gasteiger partial charge on any atom is -0.376 e. The van der Waals surface area contributed by atoms with Gasteiger partial charge in [0.2, 0.25) is 0 Å². The molecule has 1 aliphatic heterocycles. The first-order chi connectivity index (χ1) is 12.7. The number of para-hydroxylation sites is 2. The Kier molecular flexibility index (Phi) is 4.29. The molecule has 2 atom stereocenters. The van der Waals surface area contributed by atoms with E-state index in [2.05, 4.69) is 77.9 Å². The van der Waals surface area contributed by atoms with E-state index in [0.717, 1.165) is 30.0 Å². The van der Waals surface area contributed by atoms with Crippen LogP contribution in [-0.2, 0) is 6.54 Å². The second kappa shape index (κ2) is 6.75. The van der Waals surface area contributed by atoms with Crippen LogP contribution in [0.2, 0.25) is 0 Å². The molecule has 0 amide bonds. The third-order valence-corrected chi connectivity index (χ3v) is 5.12. The summed E-state index contributed by atoms with van der Waals surface area (Å²) in [5.41, 5.74) is 5.66. The third kappa shape index (κ3) is 2.80. The summed E-state index contributed by atoms with van der Waals surface area (Å²) in [6, 6.07) is 19.0. The van der Waals surface area contributed by atoms with E-state index < -0.39 is 0 Å². The van der Waals surface area contributed by atoms with Crippen LogP contribution in [0.4, 0.5) is 5.69 Å². The highest BCUT2D eigenvalue weighted by Gasteiger charge is 2.36. The highest BCUT2D eigenvalue weighted by Crippen LogP contribution is 2.40. The standard InChI is InChI=1S/C23H25N3/c1-4-14-26-15-20(19-12-8-9-13-21(19)26)22-16(2)24-17(3)23(22)25-18-10-6-5-7-11-18/h5-13,15,22-25H,2-4,14H2,1H3. The Bertz CT molecular complexity index is 952. The maximum atomic E-state index is 4.30. The molecule has 3 heteroatoms. The second-order valence-corrected chi connectivity index (χ2v) is 6.94. The predicted octanol–water partition coefficient (Wildman–Crippen LogP) is 5.25. The summed E-state index contributed by atoms with van der Waals surface area (Å²) >= 11 is 0. The van der Waals surface area contributed by atoms with Crippen molar-refractivity contribution in [1.82, 2.24) is 9.88 Å². The molecular formula is C23H25N3. The Morgan fingerprint density at radius 3 is 2.50 bits per heavy atom. The van der Waals surface area contributed by atoms with Crippen LogP contribution in [0.25, 0.3) is 10.9 Å². The summed E-state index contributed by atoms with van der Waals surface area (Å²) in [6.07, 6.45) is 3.41. The van der Waals surface area contributed by atoms with Crippen LogP contribution in [0.5, 0.6) is 0 Å². The number of rotatable bonds is 5. The van der Waals surface area contributed by atoms with Gasteiger partial charge < -0.3 is 15.2 Å². The van der Waals surface area contributed by atoms with Crippen LogP contribution < -0.4 is 10.6 Å². The molecule has 2 aromatic carbocycles. The number of nitrogens with zero attached hydrogens (tertiary/aromatic N) is 1. The van der Waals surface area contributed by atoms with Gasteiger partial charge in [0, 0.05) is 40.7 Å². The van der Waals surface area contributed by atoms with Crippen LogP contribution in [0.15, 0.2) is 85.3 Å². The number of aromatic nitrogens is 1. The molecule has 0 bridgehead atoms. The Morgan fingerprint density at radius 2 is 1.73 bits per heavy atom. The maximum Gasteiger partial charge on any atom is 0.0780 e. The zero-order valence-electron chi connectivity index (χ0n) is 15.2. The van der Waals surface area contributed by atoms with Crippen LogP contribution in [0.3, 0.4) is 0 Å². The van der Waals surface area contributed by atoms with Gasteiger partial charge in [-0.2, -0.15) is 0 Å². The smallest absolute Gasteiger partial charge is 0.0780 e. The van der Waals surface area contributed by atoms with Crippen molar-refractivity contribution in [3.63, 3.8) is 0 Å². The van der Waals surface area contributed by atoms with E-state index in [0.29, 0.717) is 0 Å². The van der Waals surface area contributed by atoms with E-state index in [1.807, 2.05) is 18.2 Å². The molecule has 0 aliphatic carbocycles. The molecule has 2 N–H and O–H groups in total. The van der Waals surface area contributed by atoms with Crippen molar-refractivity contribution in [3.8, 4) is 0 Å². The van der Waals surface area contributed by atoms with Gasteiger partial charge in [-0.15, -0.1) is 0 Å². The number of anilines is 1. The molecule has 132 valence electrons. The fourth-order valence-electron chi connectivity index (χ4n) is 3.96. The maximum absolute atomic E-state index is 4.30. The van der Waals surface area contributed by atoms with E-state index in [4.69, 9.17) is 0 Å². The van der Waals surface area contributed by atoms with Crippen molar-refractivity contribution in [2.24, 2.45) is 0 Å². The van der Waals surface area contributed by atoms with Crippen LogP contribution in [0.1, 0.15) is 24.8 Å². The molecule has 0 saturated carbocycles. The van der Waals surface area contributed by atoms with E-state index in [1.54, 1.807) is 0 Å². The van der Waals surface area contributed by atoms with Crippen molar-refractivity contribution in [2.45, 2.75) is 31.8 Å². The van der Waals surface area contributed by atoms with Gasteiger partial charge in [0.1, 0.15) is 0 Å². The van der Waals surface area contributed by atoms with Crippen LogP contribution >= 0.6 is 0 Å². The fourth-order valence-corrected chi connectivity index (χ4v) is 3.96. The number of fused-ring (bicyclic) bond motifs is 1. The Balaban J connectivity index is 1.78. The van der Waals surface area contributed by atoms with Gasteiger partial charge in [0.15, 0.2) is 0 Å². The molecule has 1 aliphatic rings. The molecule has 4 rings (SSSR count). The summed E-state index contributed by atoms with van der Waals surface area (Å²) in [6.45, 7) is 11.8. The normalized spacial score (nSPS) is 19.7. The molecule has 1 saturated heterocycles. The summed E-state index contributed by atoms with van der Waals surface area (Å²) in [7, 11) is 0. The molecule has 1 fully saturated rings. The van der Waals surface area contributed by atoms with Crippen molar-refractivity contribution in [3.05, 3.63) is 90.9 Å². The summed E-state index contributed by atoms with van der Waals surface area (Å²) in [5.74, 6) is 0.144. The topological polar surface area (TPSA) is 29.0 Å². The van der Waals surface area contributed by atoms with Crippen LogP contribution in [-0.4, -0.2) is 10.6 Å². The van der Waals surface area contributed by atoms with Crippen molar-refractivity contribution in [2.75, 3.05) is 5.32 Å². The van der Waals surface area contributed by atoms with Gasteiger partial charge >= 0.3 is 0 Å². The molecule has 0 radical (unpaired) electrons. The first kappa shape index (κ1) is 16.5. The monoisotopic (exact) mass is 343 g/mol. The van der Waals surface area contributed by atoms with E-state index in [-0.39, 0.29) is 12.0 Å². The Morgan fingerprint density at radius 1 is 1.00 bits per heavy atom. The quantitative estimate of drug-likeness (QED) is 0.663. The third-order valence-electron chi connectivity index (χ3n) is 5.12. The number of hydrogen-bond acceptors (Lipinski definition) is 2. The molecule has 0 spiro atoms. The Hall–Kier alpha value is -2.94. The first-order valence-corrected chi connectivity index (χ1v) is 9.23. The van der Waals surface area contributed by atoms with Gasteiger partial charge in [-0.25, -0.2) is 0 Å². The molecule has 3 nitrogen and oxygen atoms in total. The molecule has 2 heterocycles. The van der Waals surface area contributed by atoms with Gasteiger partial charge in [-0.05, 0) is 30.2 Å². The second-order valence-electron chi connectivity index (χ2n) is 6.94. The predicted molar refractivity (Wildman–Crippen MR) is 110 cm³/mol. The highest BCUT2D eigenvalue weighted by atomic mass is 15.1. The van der Waals surface area contributed by atoms with Crippen molar-refractivity contribution in [1.29, 1.82) is 0 Å². The lowest BCUT2D eigenvalue weighted by molar-refractivity contribution is 0.693. The summed E-state index contributed by atoms with van der Waals surface area (Å²) < 4.78 is 2.36. The van der Waals surface area contributed by atoms with Gasteiger partial charge in [-0.1, -0.05) is 56.5 Å². The average molecular weight is 343 g/mol. The number of benzene rings is 2. The largest absolute Gasteiger partial charge is 0.376 e. The lowest BCUT2D eigenvalue weighted by Gasteiger charge is -2.21. The van der Waals surface area contributed by atoms with Crippen molar-refractivity contribution < 1.29 is 0 Å². The molecule has 1 aromatic heterocycles. The lowest BCUT2D eigenvalue weighted by Crippen LogP contribution is -2.24. The average Bonchev–Trinajstić information content (AvgIpc) is 3.14. The molecule has 26 heavy (non-hydrogen) atoms. The first-order valence-electron chi connectivity index (χ1n) is 9.23. The lowest BCUT2D eigenvalue weighted by atomic mass is 9.90. The number of aryl methyl sites for hydroxylation is 1. The number of nitrogens with one attached hydrogen (secondary N) is 2. The zero-order chi connectivity index (χ0) is 18.1. The van der Waals surface area contributed by atoms with E-state index in [1.165, 1.54) is 16.5 Å². The van der Waals surface area contributed by atoms with E-state index in [9.17, 15) is 0 Å². The minimum absolute atomic E-state index is 0.0748. The zero-order valence-corrected chi connectivity index (χ0v) is 15.2. The van der Waals surface area contributed by atoms with Crippen LogP contribution in [0, 0.1) is 0 Å². The summed E-state index contributed by atoms with van der Waals surface area (Å²) in [5, 5.41) is 8.32. The minimum atomic E-state index is 0.0748. The Labute approximate surface area is 155 Å². The van der Waals surface area contributed by atoms with Gasteiger partial charge in [-0.3, -0.25) is 0 Å². The van der Waals surface area contributed by atoms with Gasteiger partial charge in [0.25, 0.3) is 0 Å².